The Morgan fingerprint density at radius 1 is 1.03 bits per heavy atom. The number of aromatic hydroxyl groups is 2. The molecule has 0 radical (unpaired) electrons. The molecular formula is C26H27FN4O5. The Morgan fingerprint density at radius 2 is 1.67 bits per heavy atom. The van der Waals surface area contributed by atoms with Crippen LogP contribution >= 0.6 is 0 Å². The number of amides is 2. The van der Waals surface area contributed by atoms with Crippen LogP contribution in [0.4, 0.5) is 4.39 Å². The lowest BCUT2D eigenvalue weighted by atomic mass is 9.88. The van der Waals surface area contributed by atoms with Crippen molar-refractivity contribution in [2.45, 2.75) is 32.7 Å². The van der Waals surface area contributed by atoms with Crippen molar-refractivity contribution < 1.29 is 29.0 Å². The number of carbonyl (C=O) groups is 3. The highest BCUT2D eigenvalue weighted by atomic mass is 19.1. The van der Waals surface area contributed by atoms with Gasteiger partial charge in [-0.2, -0.15) is 0 Å². The van der Waals surface area contributed by atoms with Gasteiger partial charge in [0.1, 0.15) is 17.6 Å². The van der Waals surface area contributed by atoms with E-state index in [1.807, 2.05) is 0 Å². The van der Waals surface area contributed by atoms with E-state index < -0.39 is 35.3 Å². The van der Waals surface area contributed by atoms with Crippen molar-refractivity contribution in [3.63, 3.8) is 0 Å². The summed E-state index contributed by atoms with van der Waals surface area (Å²) in [6, 6.07) is 9.22. The largest absolute Gasteiger partial charge is 0.507 e. The molecule has 0 bridgehead atoms. The molecule has 1 aliphatic rings. The van der Waals surface area contributed by atoms with Crippen LogP contribution in [0.5, 0.6) is 11.6 Å². The molecule has 0 spiro atoms. The molecule has 3 aromatic rings. The summed E-state index contributed by atoms with van der Waals surface area (Å²) in [6.45, 7) is 4.17. The SMILES string of the molecule is CC(C)[C@H](NC(=O)c1nc2ccccc2nc1O)C(=O)N1CCC(C(=O)c2ccc(F)cc2O)CC1. The number of phenols is 1. The summed E-state index contributed by atoms with van der Waals surface area (Å²) < 4.78 is 13.3. The third-order valence-electron chi connectivity index (χ3n) is 6.39. The molecule has 1 saturated heterocycles. The van der Waals surface area contributed by atoms with Crippen molar-refractivity contribution in [1.29, 1.82) is 0 Å². The average Bonchev–Trinajstić information content (AvgIpc) is 2.86. The average molecular weight is 495 g/mol. The van der Waals surface area contributed by atoms with Crippen LogP contribution in [0.25, 0.3) is 11.0 Å². The van der Waals surface area contributed by atoms with Crippen LogP contribution in [0, 0.1) is 17.7 Å². The van der Waals surface area contributed by atoms with Gasteiger partial charge >= 0.3 is 0 Å². The van der Waals surface area contributed by atoms with Gasteiger partial charge in [0.05, 0.1) is 16.6 Å². The van der Waals surface area contributed by atoms with E-state index in [-0.39, 0.29) is 42.0 Å². The number of Topliss-reactive ketones (excluding diaryl/α,β-unsaturated/α-hetero) is 1. The summed E-state index contributed by atoms with van der Waals surface area (Å²) in [4.78, 5) is 48.8. The standard InChI is InChI=1S/C26H27FN4O5/c1-14(2)21(30-25(35)22-24(34)29-19-6-4-3-5-18(19)28-22)26(36)31-11-9-15(10-12-31)23(33)17-8-7-16(27)13-20(17)32/h3-8,13-15,21,32H,9-12H2,1-2H3,(H,29,34)(H,30,35)/t21-/m0/s1. The number of carbonyl (C=O) groups excluding carboxylic acids is 3. The van der Waals surface area contributed by atoms with Crippen molar-refractivity contribution in [3.05, 3.63) is 59.5 Å². The lowest BCUT2D eigenvalue weighted by Crippen LogP contribution is -2.53. The topological polar surface area (TPSA) is 133 Å². The second-order valence-electron chi connectivity index (χ2n) is 9.20. The molecule has 3 N–H and O–H groups in total. The molecule has 2 heterocycles. The smallest absolute Gasteiger partial charge is 0.276 e. The van der Waals surface area contributed by atoms with Crippen molar-refractivity contribution in [3.8, 4) is 11.6 Å². The van der Waals surface area contributed by atoms with E-state index in [2.05, 4.69) is 15.3 Å². The Kier molecular flexibility index (Phi) is 7.14. The molecule has 1 aromatic heterocycles. The van der Waals surface area contributed by atoms with Crippen molar-refractivity contribution in [2.24, 2.45) is 11.8 Å². The first-order valence-electron chi connectivity index (χ1n) is 11.7. The normalized spacial score (nSPS) is 15.2. The molecule has 1 atom stereocenters. The second kappa shape index (κ2) is 10.3. The number of phenolic OH excluding ortho intramolecular Hbond substituents is 1. The first-order chi connectivity index (χ1) is 17.2. The lowest BCUT2D eigenvalue weighted by molar-refractivity contribution is -0.135. The third kappa shape index (κ3) is 5.12. The van der Waals surface area contributed by atoms with Crippen LogP contribution in [0.1, 0.15) is 47.5 Å². The van der Waals surface area contributed by atoms with Gasteiger partial charge in [-0.05, 0) is 43.0 Å². The van der Waals surface area contributed by atoms with E-state index in [0.29, 0.717) is 23.9 Å². The minimum Gasteiger partial charge on any atom is -0.507 e. The molecule has 2 aromatic carbocycles. The summed E-state index contributed by atoms with van der Waals surface area (Å²) in [5.41, 5.74) is 0.668. The molecule has 1 aliphatic heterocycles. The van der Waals surface area contributed by atoms with Gasteiger partial charge in [-0.25, -0.2) is 14.4 Å². The fraction of sp³-hybridized carbons (Fsp3) is 0.346. The molecule has 188 valence electrons. The van der Waals surface area contributed by atoms with Gasteiger partial charge in [0.25, 0.3) is 5.91 Å². The third-order valence-corrected chi connectivity index (χ3v) is 6.39. The summed E-state index contributed by atoms with van der Waals surface area (Å²) in [5.74, 6) is -3.54. The fourth-order valence-electron chi connectivity index (χ4n) is 4.36. The number of likely N-dealkylation sites (tertiary alicyclic amines) is 1. The quantitative estimate of drug-likeness (QED) is 0.449. The number of aromatic nitrogens is 2. The number of nitrogens with zero attached hydrogens (tertiary/aromatic N) is 3. The van der Waals surface area contributed by atoms with E-state index in [0.717, 1.165) is 12.1 Å². The van der Waals surface area contributed by atoms with E-state index >= 15 is 0 Å². The number of hydrogen-bond acceptors (Lipinski definition) is 7. The van der Waals surface area contributed by atoms with Gasteiger partial charge in [0.2, 0.25) is 11.8 Å². The zero-order valence-electron chi connectivity index (χ0n) is 19.9. The molecule has 10 heteroatoms. The highest BCUT2D eigenvalue weighted by Gasteiger charge is 2.34. The summed E-state index contributed by atoms with van der Waals surface area (Å²) in [6.07, 6.45) is 0.744. The lowest BCUT2D eigenvalue weighted by Gasteiger charge is -2.35. The minimum atomic E-state index is -0.876. The minimum absolute atomic E-state index is 0.0600. The van der Waals surface area contributed by atoms with Crippen LogP contribution in [-0.4, -0.2) is 61.8 Å². The van der Waals surface area contributed by atoms with Crippen LogP contribution in [0.15, 0.2) is 42.5 Å². The van der Waals surface area contributed by atoms with Gasteiger partial charge in [0, 0.05) is 25.1 Å². The van der Waals surface area contributed by atoms with Crippen molar-refractivity contribution in [1.82, 2.24) is 20.2 Å². The zero-order chi connectivity index (χ0) is 26.0. The van der Waals surface area contributed by atoms with Crippen LogP contribution in [-0.2, 0) is 4.79 Å². The van der Waals surface area contributed by atoms with E-state index in [9.17, 15) is 29.0 Å². The Bertz CT molecular complexity index is 1320. The molecule has 4 rings (SSSR count). The van der Waals surface area contributed by atoms with Crippen molar-refractivity contribution in [2.75, 3.05) is 13.1 Å². The number of ketones is 1. The maximum Gasteiger partial charge on any atom is 0.276 e. The molecule has 0 saturated carbocycles. The Hall–Kier alpha value is -4.08. The first kappa shape index (κ1) is 25.0. The number of halogens is 1. The number of nitrogens with one attached hydrogen (secondary N) is 1. The zero-order valence-corrected chi connectivity index (χ0v) is 19.9. The maximum atomic E-state index is 13.3. The van der Waals surface area contributed by atoms with Gasteiger partial charge in [0.15, 0.2) is 11.5 Å². The number of piperidine rings is 1. The number of fused-ring (bicyclic) bond motifs is 1. The highest BCUT2D eigenvalue weighted by Crippen LogP contribution is 2.27. The number of para-hydroxylation sites is 2. The van der Waals surface area contributed by atoms with Crippen molar-refractivity contribution >= 4 is 28.6 Å². The van der Waals surface area contributed by atoms with E-state index in [1.54, 1.807) is 43.0 Å². The Labute approximate surface area is 207 Å². The molecule has 0 aliphatic carbocycles. The van der Waals surface area contributed by atoms with Gasteiger partial charge in [-0.15, -0.1) is 0 Å². The number of benzene rings is 2. The van der Waals surface area contributed by atoms with E-state index in [1.165, 1.54) is 6.07 Å². The number of rotatable bonds is 6. The van der Waals surface area contributed by atoms with Gasteiger partial charge in [-0.3, -0.25) is 14.4 Å². The summed E-state index contributed by atoms with van der Waals surface area (Å²) >= 11 is 0. The van der Waals surface area contributed by atoms with Gasteiger partial charge in [-0.1, -0.05) is 26.0 Å². The van der Waals surface area contributed by atoms with Gasteiger partial charge < -0.3 is 20.4 Å². The van der Waals surface area contributed by atoms with Crippen LogP contribution in [0.2, 0.25) is 0 Å². The Balaban J connectivity index is 1.43. The second-order valence-corrected chi connectivity index (χ2v) is 9.20. The molecule has 0 unspecified atom stereocenters. The molecule has 9 nitrogen and oxygen atoms in total. The van der Waals surface area contributed by atoms with Crippen LogP contribution in [0.3, 0.4) is 0 Å². The molecule has 1 fully saturated rings. The monoisotopic (exact) mass is 494 g/mol. The molecular weight excluding hydrogens is 467 g/mol. The predicted octanol–water partition coefficient (Wildman–Crippen LogP) is 3.06. The number of hydrogen-bond donors (Lipinski definition) is 3. The molecule has 36 heavy (non-hydrogen) atoms. The van der Waals surface area contributed by atoms with Crippen LogP contribution < -0.4 is 5.32 Å². The Morgan fingerprint density at radius 3 is 2.28 bits per heavy atom. The fourth-order valence-corrected chi connectivity index (χ4v) is 4.36. The summed E-state index contributed by atoms with van der Waals surface area (Å²) in [7, 11) is 0. The summed E-state index contributed by atoms with van der Waals surface area (Å²) in [5, 5.41) is 22.8. The highest BCUT2D eigenvalue weighted by molar-refractivity contribution is 6.01. The predicted molar refractivity (Wildman–Crippen MR) is 129 cm³/mol. The first-order valence-corrected chi connectivity index (χ1v) is 11.7. The van der Waals surface area contributed by atoms with E-state index in [4.69, 9.17) is 0 Å². The maximum absolute atomic E-state index is 13.3. The molecule has 2 amide bonds.